The van der Waals surface area contributed by atoms with Gasteiger partial charge in [-0.05, 0) is 45.7 Å². The highest BCUT2D eigenvalue weighted by Gasteiger charge is 2.61. The molecule has 4 N–H and O–H groups in total. The van der Waals surface area contributed by atoms with Crippen LogP contribution >= 0.6 is 0 Å². The van der Waals surface area contributed by atoms with Gasteiger partial charge < -0.3 is 16.2 Å². The number of carboxylic acids is 1. The molecule has 2 aliphatic heterocycles. The zero-order valence-electron chi connectivity index (χ0n) is 15.3. The van der Waals surface area contributed by atoms with E-state index in [9.17, 15) is 14.7 Å². The Morgan fingerprint density at radius 1 is 1.08 bits per heavy atom. The van der Waals surface area contributed by atoms with Crippen molar-refractivity contribution >= 4 is 11.8 Å². The molecule has 7 heteroatoms. The van der Waals surface area contributed by atoms with E-state index in [2.05, 4.69) is 15.1 Å². The number of Topliss-reactive ketones (excluding diaryl/α,β-unsaturated/α-hetero) is 1. The van der Waals surface area contributed by atoms with E-state index in [1.165, 1.54) is 6.92 Å². The number of piperidine rings is 1. The van der Waals surface area contributed by atoms with Crippen LogP contribution in [0.4, 0.5) is 0 Å². The number of nitrogens with two attached hydrogens (primary N) is 1. The summed E-state index contributed by atoms with van der Waals surface area (Å²) in [6, 6.07) is 0.602. The average molecular weight is 352 g/mol. The minimum atomic E-state index is -1.48. The van der Waals surface area contributed by atoms with Crippen LogP contribution in [-0.2, 0) is 9.59 Å². The van der Waals surface area contributed by atoms with Crippen LogP contribution in [0.15, 0.2) is 0 Å². The molecule has 3 aliphatic rings. The third-order valence-corrected chi connectivity index (χ3v) is 6.74. The van der Waals surface area contributed by atoms with Crippen molar-refractivity contribution in [3.8, 4) is 0 Å². The molecule has 3 rings (SSSR count). The van der Waals surface area contributed by atoms with Gasteiger partial charge in [0.2, 0.25) is 0 Å². The number of nitrogens with one attached hydrogen (secondary N) is 1. The van der Waals surface area contributed by atoms with Crippen molar-refractivity contribution in [2.24, 2.45) is 5.73 Å². The maximum atomic E-state index is 12.7. The first-order valence-electron chi connectivity index (χ1n) is 9.65. The first kappa shape index (κ1) is 18.8. The van der Waals surface area contributed by atoms with Gasteiger partial charge in [0.1, 0.15) is 11.1 Å². The average Bonchev–Trinajstić information content (AvgIpc) is 2.63. The monoisotopic (exact) mass is 352 g/mol. The number of ketones is 1. The molecule has 142 valence electrons. The van der Waals surface area contributed by atoms with E-state index in [0.29, 0.717) is 18.9 Å². The molecule has 0 amide bonds. The molecule has 3 fully saturated rings. The fourth-order valence-corrected chi connectivity index (χ4v) is 5.29. The summed E-state index contributed by atoms with van der Waals surface area (Å²) in [5.74, 6) is -1.13. The van der Waals surface area contributed by atoms with Gasteiger partial charge in [-0.25, -0.2) is 0 Å². The molecule has 7 nitrogen and oxygen atoms in total. The zero-order chi connectivity index (χ0) is 18.1. The summed E-state index contributed by atoms with van der Waals surface area (Å²) in [6.07, 6.45) is 4.88. The van der Waals surface area contributed by atoms with Crippen LogP contribution in [0.3, 0.4) is 0 Å². The number of aliphatic carboxylic acids is 1. The van der Waals surface area contributed by atoms with Gasteiger partial charge in [0, 0.05) is 32.2 Å². The van der Waals surface area contributed by atoms with Crippen LogP contribution in [0.1, 0.15) is 45.4 Å². The number of hydrogen-bond acceptors (Lipinski definition) is 6. The van der Waals surface area contributed by atoms with Crippen molar-refractivity contribution in [3.63, 3.8) is 0 Å². The molecule has 2 heterocycles. The Hall–Kier alpha value is -1.02. The smallest absolute Gasteiger partial charge is 0.326 e. The fourth-order valence-electron chi connectivity index (χ4n) is 5.29. The molecular weight excluding hydrogens is 320 g/mol. The summed E-state index contributed by atoms with van der Waals surface area (Å²) in [6.45, 7) is 6.85. The van der Waals surface area contributed by atoms with Gasteiger partial charge in [-0.2, -0.15) is 0 Å². The predicted octanol–water partition coefficient (Wildman–Crippen LogP) is 0.0399. The fraction of sp³-hybridized carbons (Fsp3) is 0.889. The molecule has 0 aromatic rings. The summed E-state index contributed by atoms with van der Waals surface area (Å²) < 4.78 is 0. The Labute approximate surface area is 149 Å². The Balaban J connectivity index is 1.78. The number of carbonyl (C=O) groups is 2. The SMILES string of the molecule is CC(=O)C1(N2CCN(C3CCNCC3)CC2)CCCCC1(N)C(=O)O. The molecule has 25 heavy (non-hydrogen) atoms. The van der Waals surface area contributed by atoms with Crippen molar-refractivity contribution < 1.29 is 14.7 Å². The van der Waals surface area contributed by atoms with Crippen LogP contribution in [0.5, 0.6) is 0 Å². The quantitative estimate of drug-likeness (QED) is 0.657. The Kier molecular flexibility index (Phi) is 5.48. The Bertz CT molecular complexity index is 514. The normalized spacial score (nSPS) is 36.2. The Morgan fingerprint density at radius 2 is 1.68 bits per heavy atom. The summed E-state index contributed by atoms with van der Waals surface area (Å²) in [4.78, 5) is 29.3. The minimum Gasteiger partial charge on any atom is -0.480 e. The van der Waals surface area contributed by atoms with Crippen LogP contribution in [0, 0.1) is 0 Å². The molecule has 0 aromatic heterocycles. The van der Waals surface area contributed by atoms with Crippen LogP contribution in [0.2, 0.25) is 0 Å². The molecule has 2 unspecified atom stereocenters. The molecule has 2 atom stereocenters. The number of piperazine rings is 1. The third-order valence-electron chi connectivity index (χ3n) is 6.74. The van der Waals surface area contributed by atoms with Crippen LogP contribution in [-0.4, -0.2) is 83.0 Å². The van der Waals surface area contributed by atoms with E-state index >= 15 is 0 Å². The number of carboxylic acid groups (broad SMARTS) is 1. The first-order valence-corrected chi connectivity index (χ1v) is 9.65. The van der Waals surface area contributed by atoms with E-state index in [1.807, 2.05) is 0 Å². The molecule has 1 aliphatic carbocycles. The second kappa shape index (κ2) is 7.31. The van der Waals surface area contributed by atoms with Gasteiger partial charge >= 0.3 is 5.97 Å². The van der Waals surface area contributed by atoms with Gasteiger partial charge in [0.05, 0.1) is 0 Å². The van der Waals surface area contributed by atoms with Crippen LogP contribution in [0.25, 0.3) is 0 Å². The predicted molar refractivity (Wildman–Crippen MR) is 95.5 cm³/mol. The molecule has 0 radical (unpaired) electrons. The van der Waals surface area contributed by atoms with Crippen molar-refractivity contribution in [2.75, 3.05) is 39.3 Å². The lowest BCUT2D eigenvalue weighted by molar-refractivity contribution is -0.162. The van der Waals surface area contributed by atoms with Crippen LogP contribution < -0.4 is 11.1 Å². The van der Waals surface area contributed by atoms with E-state index in [-0.39, 0.29) is 5.78 Å². The largest absolute Gasteiger partial charge is 0.480 e. The van der Waals surface area contributed by atoms with E-state index < -0.39 is 17.0 Å². The summed E-state index contributed by atoms with van der Waals surface area (Å²) >= 11 is 0. The maximum absolute atomic E-state index is 12.7. The van der Waals surface area contributed by atoms with Crippen molar-refractivity contribution in [1.82, 2.24) is 15.1 Å². The number of rotatable bonds is 4. The lowest BCUT2D eigenvalue weighted by atomic mass is 9.64. The second-order valence-corrected chi connectivity index (χ2v) is 7.90. The number of hydrogen-bond donors (Lipinski definition) is 3. The van der Waals surface area contributed by atoms with Gasteiger partial charge in [0.15, 0.2) is 5.78 Å². The zero-order valence-corrected chi connectivity index (χ0v) is 15.3. The first-order chi connectivity index (χ1) is 11.9. The van der Waals surface area contributed by atoms with Crippen molar-refractivity contribution in [3.05, 3.63) is 0 Å². The highest BCUT2D eigenvalue weighted by Crippen LogP contribution is 2.42. The van der Waals surface area contributed by atoms with E-state index in [0.717, 1.165) is 65.0 Å². The van der Waals surface area contributed by atoms with Gasteiger partial charge in [-0.3, -0.25) is 19.4 Å². The molecule has 0 bridgehead atoms. The molecular formula is C18H32N4O3. The summed E-state index contributed by atoms with van der Waals surface area (Å²) in [5, 5.41) is 13.2. The summed E-state index contributed by atoms with van der Waals surface area (Å²) in [5.41, 5.74) is 3.87. The van der Waals surface area contributed by atoms with Crippen molar-refractivity contribution in [1.29, 1.82) is 0 Å². The molecule has 2 saturated heterocycles. The molecule has 0 aromatic carbocycles. The lowest BCUT2D eigenvalue weighted by Gasteiger charge is -2.55. The van der Waals surface area contributed by atoms with Crippen molar-refractivity contribution in [2.45, 2.75) is 62.6 Å². The summed E-state index contributed by atoms with van der Waals surface area (Å²) in [7, 11) is 0. The van der Waals surface area contributed by atoms with Gasteiger partial charge in [-0.1, -0.05) is 12.8 Å². The minimum absolute atomic E-state index is 0.0904. The lowest BCUT2D eigenvalue weighted by Crippen LogP contribution is -2.78. The van der Waals surface area contributed by atoms with Gasteiger partial charge in [-0.15, -0.1) is 0 Å². The highest BCUT2D eigenvalue weighted by atomic mass is 16.4. The molecule has 1 saturated carbocycles. The number of nitrogens with zero attached hydrogens (tertiary/aromatic N) is 2. The van der Waals surface area contributed by atoms with E-state index in [1.54, 1.807) is 0 Å². The Morgan fingerprint density at radius 3 is 2.24 bits per heavy atom. The second-order valence-electron chi connectivity index (χ2n) is 7.90. The number of carbonyl (C=O) groups excluding carboxylic acids is 1. The topological polar surface area (TPSA) is 98.9 Å². The van der Waals surface area contributed by atoms with E-state index in [4.69, 9.17) is 5.73 Å². The standard InChI is InChI=1S/C18H32N4O3/c1-14(23)18(7-3-2-6-17(18,19)16(24)25)22-12-10-21(11-13-22)15-4-8-20-9-5-15/h15,20H,2-13,19H2,1H3,(H,24,25). The maximum Gasteiger partial charge on any atom is 0.326 e. The highest BCUT2D eigenvalue weighted by molar-refractivity contribution is 5.96. The van der Waals surface area contributed by atoms with Gasteiger partial charge in [0.25, 0.3) is 0 Å². The third kappa shape index (κ3) is 3.12. The molecule has 0 spiro atoms.